The van der Waals surface area contributed by atoms with Crippen molar-refractivity contribution in [2.45, 2.75) is 26.3 Å². The first-order valence-corrected chi connectivity index (χ1v) is 9.67. The molecule has 0 aliphatic carbocycles. The minimum absolute atomic E-state index is 0.269. The number of amides is 2. The van der Waals surface area contributed by atoms with Crippen molar-refractivity contribution in [3.63, 3.8) is 0 Å². The Morgan fingerprint density at radius 1 is 1.07 bits per heavy atom. The average molecular weight is 397 g/mol. The molecule has 2 amide bonds. The molecule has 1 fully saturated rings. The molecule has 1 saturated heterocycles. The highest BCUT2D eigenvalue weighted by atomic mass is 16.5. The van der Waals surface area contributed by atoms with Crippen molar-refractivity contribution in [1.82, 2.24) is 5.32 Å². The second-order valence-corrected chi connectivity index (χ2v) is 7.03. The van der Waals surface area contributed by atoms with E-state index in [0.29, 0.717) is 11.3 Å². The standard InChI is InChI=1S/C22H27N3O4/c1-15-12-17(25-10-4-5-11-25)7-8-19(15)24-22(27)23-14-16-6-9-20(28-2)18(13-16)21(26)29-3/h6-9,12-13H,4-5,10-11,14H2,1-3H3,(H2,23,24,27). The van der Waals surface area contributed by atoms with Crippen LogP contribution in [0.25, 0.3) is 0 Å². The maximum absolute atomic E-state index is 12.3. The van der Waals surface area contributed by atoms with Gasteiger partial charge in [-0.25, -0.2) is 9.59 Å². The fourth-order valence-electron chi connectivity index (χ4n) is 3.44. The average Bonchev–Trinajstić information content (AvgIpc) is 3.28. The van der Waals surface area contributed by atoms with E-state index in [4.69, 9.17) is 9.47 Å². The lowest BCUT2D eigenvalue weighted by Gasteiger charge is -2.19. The number of ether oxygens (including phenoxy) is 2. The van der Waals surface area contributed by atoms with Crippen molar-refractivity contribution >= 4 is 23.4 Å². The molecular weight excluding hydrogens is 370 g/mol. The van der Waals surface area contributed by atoms with Gasteiger partial charge in [0.15, 0.2) is 0 Å². The number of esters is 1. The number of carbonyl (C=O) groups excluding carboxylic acids is 2. The summed E-state index contributed by atoms with van der Waals surface area (Å²) >= 11 is 0. The van der Waals surface area contributed by atoms with Gasteiger partial charge in [0.25, 0.3) is 0 Å². The van der Waals surface area contributed by atoms with Crippen LogP contribution in [0.15, 0.2) is 36.4 Å². The number of carbonyl (C=O) groups is 2. The number of nitrogens with one attached hydrogen (secondary N) is 2. The Morgan fingerprint density at radius 2 is 1.83 bits per heavy atom. The van der Waals surface area contributed by atoms with Gasteiger partial charge in [0.05, 0.1) is 14.2 Å². The van der Waals surface area contributed by atoms with Gasteiger partial charge in [0.2, 0.25) is 0 Å². The molecule has 7 nitrogen and oxygen atoms in total. The molecule has 3 rings (SSSR count). The Balaban J connectivity index is 1.60. The van der Waals surface area contributed by atoms with Crippen LogP contribution in [-0.2, 0) is 11.3 Å². The highest BCUT2D eigenvalue weighted by molar-refractivity contribution is 5.93. The predicted octanol–water partition coefficient (Wildman–Crippen LogP) is 3.71. The number of hydrogen-bond donors (Lipinski definition) is 2. The van der Waals surface area contributed by atoms with Crippen LogP contribution >= 0.6 is 0 Å². The summed E-state index contributed by atoms with van der Waals surface area (Å²) in [4.78, 5) is 26.6. The molecule has 154 valence electrons. The summed E-state index contributed by atoms with van der Waals surface area (Å²) in [6, 6.07) is 10.9. The molecule has 0 aromatic heterocycles. The third-order valence-corrected chi connectivity index (χ3v) is 5.05. The molecule has 0 bridgehead atoms. The molecule has 0 radical (unpaired) electrons. The second kappa shape index (κ2) is 9.32. The molecule has 2 N–H and O–H groups in total. The van der Waals surface area contributed by atoms with Gasteiger partial charge in [-0.05, 0) is 61.2 Å². The van der Waals surface area contributed by atoms with Crippen molar-refractivity contribution in [2.24, 2.45) is 0 Å². The molecule has 1 aliphatic rings. The third kappa shape index (κ3) is 4.99. The molecule has 0 spiro atoms. The van der Waals surface area contributed by atoms with Crippen molar-refractivity contribution < 1.29 is 19.1 Å². The number of methoxy groups -OCH3 is 2. The van der Waals surface area contributed by atoms with E-state index in [9.17, 15) is 9.59 Å². The third-order valence-electron chi connectivity index (χ3n) is 5.05. The van der Waals surface area contributed by atoms with Crippen LogP contribution in [0.5, 0.6) is 5.75 Å². The Kier molecular flexibility index (Phi) is 6.59. The Labute approximate surface area is 171 Å². The molecular formula is C22H27N3O4. The smallest absolute Gasteiger partial charge is 0.341 e. The van der Waals surface area contributed by atoms with Crippen molar-refractivity contribution in [2.75, 3.05) is 37.5 Å². The van der Waals surface area contributed by atoms with Gasteiger partial charge in [-0.3, -0.25) is 0 Å². The monoisotopic (exact) mass is 397 g/mol. The molecule has 1 heterocycles. The van der Waals surface area contributed by atoms with Gasteiger partial charge in [0, 0.05) is 31.0 Å². The zero-order valence-corrected chi connectivity index (χ0v) is 17.1. The van der Waals surface area contributed by atoms with Crippen LogP contribution in [-0.4, -0.2) is 39.3 Å². The summed E-state index contributed by atoms with van der Waals surface area (Å²) < 4.78 is 9.96. The maximum atomic E-state index is 12.3. The molecule has 0 saturated carbocycles. The van der Waals surface area contributed by atoms with E-state index >= 15 is 0 Å². The van der Waals surface area contributed by atoms with E-state index in [1.807, 2.05) is 19.1 Å². The Morgan fingerprint density at radius 3 is 2.48 bits per heavy atom. The zero-order chi connectivity index (χ0) is 20.8. The fraction of sp³-hybridized carbons (Fsp3) is 0.364. The summed E-state index contributed by atoms with van der Waals surface area (Å²) in [5.41, 5.74) is 4.07. The van der Waals surface area contributed by atoms with Gasteiger partial charge in [-0.2, -0.15) is 0 Å². The SMILES string of the molecule is COC(=O)c1cc(CNC(=O)Nc2ccc(N3CCCC3)cc2C)ccc1OC. The van der Waals surface area contributed by atoms with Crippen LogP contribution in [0.2, 0.25) is 0 Å². The largest absolute Gasteiger partial charge is 0.496 e. The number of nitrogens with zero attached hydrogens (tertiary/aromatic N) is 1. The fourth-order valence-corrected chi connectivity index (χ4v) is 3.44. The number of aryl methyl sites for hydroxylation is 1. The van der Waals surface area contributed by atoms with Gasteiger partial charge in [-0.15, -0.1) is 0 Å². The van der Waals surface area contributed by atoms with Gasteiger partial charge >= 0.3 is 12.0 Å². The molecule has 29 heavy (non-hydrogen) atoms. The van der Waals surface area contributed by atoms with Gasteiger partial charge < -0.3 is 25.0 Å². The van der Waals surface area contributed by atoms with Crippen LogP contribution in [0.1, 0.15) is 34.3 Å². The molecule has 2 aromatic rings. The second-order valence-electron chi connectivity index (χ2n) is 7.03. The number of rotatable bonds is 6. The summed E-state index contributed by atoms with van der Waals surface area (Å²) in [6.07, 6.45) is 2.45. The minimum Gasteiger partial charge on any atom is -0.496 e. The van der Waals surface area contributed by atoms with Crippen LogP contribution in [0.4, 0.5) is 16.2 Å². The molecule has 2 aromatic carbocycles. The topological polar surface area (TPSA) is 79.9 Å². The molecule has 1 aliphatic heterocycles. The minimum atomic E-state index is -0.484. The highest BCUT2D eigenvalue weighted by Crippen LogP contribution is 2.25. The van der Waals surface area contributed by atoms with Crippen LogP contribution < -0.4 is 20.3 Å². The highest BCUT2D eigenvalue weighted by Gasteiger charge is 2.15. The van der Waals surface area contributed by atoms with Crippen LogP contribution in [0, 0.1) is 6.92 Å². The summed E-state index contributed by atoms with van der Waals surface area (Å²) in [6.45, 7) is 4.43. The lowest BCUT2D eigenvalue weighted by molar-refractivity contribution is 0.0597. The number of anilines is 2. The maximum Gasteiger partial charge on any atom is 0.341 e. The summed E-state index contributed by atoms with van der Waals surface area (Å²) in [5.74, 6) is -0.0550. The zero-order valence-electron chi connectivity index (χ0n) is 17.1. The van der Waals surface area contributed by atoms with E-state index < -0.39 is 5.97 Å². The lowest BCUT2D eigenvalue weighted by Crippen LogP contribution is -2.28. The normalized spacial score (nSPS) is 13.1. The number of hydrogen-bond acceptors (Lipinski definition) is 5. The van der Waals surface area contributed by atoms with Crippen LogP contribution in [0.3, 0.4) is 0 Å². The van der Waals surface area contributed by atoms with Crippen molar-refractivity contribution in [3.05, 3.63) is 53.1 Å². The van der Waals surface area contributed by atoms with E-state index in [-0.39, 0.29) is 12.6 Å². The number of benzene rings is 2. The number of urea groups is 1. The van der Waals surface area contributed by atoms with E-state index in [1.54, 1.807) is 18.2 Å². The first kappa shape index (κ1) is 20.5. The first-order valence-electron chi connectivity index (χ1n) is 9.67. The quantitative estimate of drug-likeness (QED) is 0.727. The lowest BCUT2D eigenvalue weighted by atomic mass is 10.1. The van der Waals surface area contributed by atoms with E-state index in [0.717, 1.165) is 29.9 Å². The predicted molar refractivity (Wildman–Crippen MR) is 113 cm³/mol. The van der Waals surface area contributed by atoms with E-state index in [2.05, 4.69) is 21.6 Å². The summed E-state index contributed by atoms with van der Waals surface area (Å²) in [5, 5.41) is 5.70. The molecule has 7 heteroatoms. The Hall–Kier alpha value is -3.22. The molecule has 0 atom stereocenters. The first-order chi connectivity index (χ1) is 14.0. The van der Waals surface area contributed by atoms with Gasteiger partial charge in [0.1, 0.15) is 11.3 Å². The van der Waals surface area contributed by atoms with Crippen molar-refractivity contribution in [1.29, 1.82) is 0 Å². The van der Waals surface area contributed by atoms with Crippen molar-refractivity contribution in [3.8, 4) is 5.75 Å². The Bertz CT molecular complexity index is 892. The van der Waals surface area contributed by atoms with E-state index in [1.165, 1.54) is 32.7 Å². The summed E-state index contributed by atoms with van der Waals surface area (Å²) in [7, 11) is 2.81. The van der Waals surface area contributed by atoms with Gasteiger partial charge in [-0.1, -0.05) is 6.07 Å². The molecule has 0 unspecified atom stereocenters.